The standard InChI is InChI=1S/C11H25NO4Si/c1-11(2,3)17(4,5)16-9-7-14-6-8-15-10(12)13/h6-9H2,1-5H3,(H2,12,13). The van der Waals surface area contributed by atoms with Gasteiger partial charge in [0.05, 0.1) is 19.8 Å². The fourth-order valence-corrected chi connectivity index (χ4v) is 1.90. The summed E-state index contributed by atoms with van der Waals surface area (Å²) in [5.41, 5.74) is 4.80. The SMILES string of the molecule is CC(C)(C)[Si](C)(C)OCCOCCOC(N)=O. The van der Waals surface area contributed by atoms with E-state index in [9.17, 15) is 4.79 Å². The van der Waals surface area contributed by atoms with E-state index in [1.807, 2.05) is 0 Å². The van der Waals surface area contributed by atoms with E-state index >= 15 is 0 Å². The lowest BCUT2D eigenvalue weighted by Gasteiger charge is -2.36. The molecule has 2 N–H and O–H groups in total. The summed E-state index contributed by atoms with van der Waals surface area (Å²) in [4.78, 5) is 10.3. The number of carbonyl (C=O) groups is 1. The van der Waals surface area contributed by atoms with Gasteiger partial charge in [-0.2, -0.15) is 0 Å². The van der Waals surface area contributed by atoms with Crippen LogP contribution in [0.4, 0.5) is 4.79 Å². The Balaban J connectivity index is 3.55. The minimum atomic E-state index is -1.68. The van der Waals surface area contributed by atoms with E-state index in [1.54, 1.807) is 0 Å². The third-order valence-electron chi connectivity index (χ3n) is 2.97. The van der Waals surface area contributed by atoms with Crippen LogP contribution in [0.5, 0.6) is 0 Å². The molecule has 0 heterocycles. The molecule has 0 unspecified atom stereocenters. The molecule has 0 bridgehead atoms. The number of hydrogen-bond donors (Lipinski definition) is 1. The average molecular weight is 263 g/mol. The monoisotopic (exact) mass is 263 g/mol. The Morgan fingerprint density at radius 1 is 1.12 bits per heavy atom. The van der Waals surface area contributed by atoms with Gasteiger partial charge in [0.15, 0.2) is 8.32 Å². The average Bonchev–Trinajstić information content (AvgIpc) is 2.13. The topological polar surface area (TPSA) is 70.8 Å². The summed E-state index contributed by atoms with van der Waals surface area (Å²) in [6.45, 7) is 12.6. The molecular weight excluding hydrogens is 238 g/mol. The first-order valence-corrected chi connectivity index (χ1v) is 8.71. The lowest BCUT2D eigenvalue weighted by molar-refractivity contribution is 0.0580. The summed E-state index contributed by atoms with van der Waals surface area (Å²) in [6.07, 6.45) is -0.772. The molecule has 0 aromatic rings. The molecule has 1 amide bonds. The maximum absolute atomic E-state index is 10.3. The van der Waals surface area contributed by atoms with Gasteiger partial charge in [-0.3, -0.25) is 0 Å². The Morgan fingerprint density at radius 2 is 1.65 bits per heavy atom. The van der Waals surface area contributed by atoms with Crippen molar-refractivity contribution in [2.24, 2.45) is 5.73 Å². The Morgan fingerprint density at radius 3 is 2.12 bits per heavy atom. The molecule has 0 aliphatic heterocycles. The highest BCUT2D eigenvalue weighted by atomic mass is 28.4. The molecule has 0 atom stereocenters. The molecule has 102 valence electrons. The molecular formula is C11H25NO4Si. The quantitative estimate of drug-likeness (QED) is 0.564. The van der Waals surface area contributed by atoms with Crippen LogP contribution >= 0.6 is 0 Å². The minimum absolute atomic E-state index is 0.190. The second-order valence-corrected chi connectivity index (χ2v) is 10.2. The van der Waals surface area contributed by atoms with Crippen molar-refractivity contribution in [3.8, 4) is 0 Å². The van der Waals surface area contributed by atoms with Crippen LogP contribution in [0.25, 0.3) is 0 Å². The number of nitrogens with two attached hydrogens (primary N) is 1. The summed E-state index contributed by atoms with van der Waals surface area (Å²) in [5.74, 6) is 0. The molecule has 0 spiro atoms. The van der Waals surface area contributed by atoms with Gasteiger partial charge in [0.1, 0.15) is 6.61 Å². The molecule has 0 aromatic heterocycles. The fourth-order valence-electron chi connectivity index (χ4n) is 0.876. The maximum Gasteiger partial charge on any atom is 0.404 e. The molecule has 6 heteroatoms. The van der Waals surface area contributed by atoms with Gasteiger partial charge in [-0.05, 0) is 18.1 Å². The molecule has 5 nitrogen and oxygen atoms in total. The number of hydrogen-bond acceptors (Lipinski definition) is 4. The summed E-state index contributed by atoms with van der Waals surface area (Å²) in [6, 6.07) is 0. The highest BCUT2D eigenvalue weighted by molar-refractivity contribution is 6.74. The van der Waals surface area contributed by atoms with Crippen LogP contribution in [-0.2, 0) is 13.9 Å². The van der Waals surface area contributed by atoms with Gasteiger partial charge in [-0.25, -0.2) is 4.79 Å². The highest BCUT2D eigenvalue weighted by Crippen LogP contribution is 2.36. The first-order valence-electron chi connectivity index (χ1n) is 5.81. The van der Waals surface area contributed by atoms with Crippen molar-refractivity contribution in [3.05, 3.63) is 0 Å². The first kappa shape index (κ1) is 16.4. The van der Waals surface area contributed by atoms with Crippen LogP contribution in [0.2, 0.25) is 18.1 Å². The van der Waals surface area contributed by atoms with Gasteiger partial charge in [-0.15, -0.1) is 0 Å². The third kappa shape index (κ3) is 7.35. The highest BCUT2D eigenvalue weighted by Gasteiger charge is 2.36. The summed E-state index contributed by atoms with van der Waals surface area (Å²) < 4.78 is 15.7. The zero-order valence-corrected chi connectivity index (χ0v) is 12.5. The number of rotatable bonds is 7. The van der Waals surface area contributed by atoms with Crippen LogP contribution in [0.1, 0.15) is 20.8 Å². The summed E-state index contributed by atoms with van der Waals surface area (Å²) >= 11 is 0. The van der Waals surface area contributed by atoms with Crippen LogP contribution in [-0.4, -0.2) is 40.8 Å². The zero-order chi connectivity index (χ0) is 13.5. The second kappa shape index (κ2) is 6.98. The Kier molecular flexibility index (Phi) is 6.73. The molecule has 0 rings (SSSR count). The molecule has 0 aromatic carbocycles. The predicted octanol–water partition coefficient (Wildman–Crippen LogP) is 2.12. The Bertz CT molecular complexity index is 238. The van der Waals surface area contributed by atoms with Crippen molar-refractivity contribution < 1.29 is 18.7 Å². The van der Waals surface area contributed by atoms with E-state index in [-0.39, 0.29) is 11.6 Å². The molecule has 0 radical (unpaired) electrons. The second-order valence-electron chi connectivity index (χ2n) is 5.39. The summed E-state index contributed by atoms with van der Waals surface area (Å²) in [5, 5.41) is 0.210. The summed E-state index contributed by atoms with van der Waals surface area (Å²) in [7, 11) is -1.68. The number of carbonyl (C=O) groups excluding carboxylic acids is 1. The minimum Gasteiger partial charge on any atom is -0.447 e. The lowest BCUT2D eigenvalue weighted by atomic mass is 10.2. The third-order valence-corrected chi connectivity index (χ3v) is 7.51. The van der Waals surface area contributed by atoms with Crippen LogP contribution in [0.15, 0.2) is 0 Å². The molecule has 0 aliphatic carbocycles. The Hall–Kier alpha value is -0.593. The van der Waals surface area contributed by atoms with Crippen LogP contribution < -0.4 is 5.73 Å². The Labute approximate surface area is 105 Å². The van der Waals surface area contributed by atoms with Crippen molar-refractivity contribution in [1.29, 1.82) is 0 Å². The zero-order valence-electron chi connectivity index (χ0n) is 11.5. The van der Waals surface area contributed by atoms with Crippen molar-refractivity contribution >= 4 is 14.4 Å². The normalized spacial score (nSPS) is 12.5. The van der Waals surface area contributed by atoms with E-state index in [0.29, 0.717) is 19.8 Å². The smallest absolute Gasteiger partial charge is 0.404 e. The van der Waals surface area contributed by atoms with Crippen LogP contribution in [0, 0.1) is 0 Å². The van der Waals surface area contributed by atoms with Gasteiger partial charge in [-0.1, -0.05) is 20.8 Å². The lowest BCUT2D eigenvalue weighted by Crippen LogP contribution is -2.41. The molecule has 0 aliphatic rings. The van der Waals surface area contributed by atoms with Gasteiger partial charge >= 0.3 is 6.09 Å². The van der Waals surface area contributed by atoms with Crippen LogP contribution in [0.3, 0.4) is 0 Å². The van der Waals surface area contributed by atoms with Gasteiger partial charge in [0.25, 0.3) is 0 Å². The van der Waals surface area contributed by atoms with Crippen molar-refractivity contribution in [1.82, 2.24) is 0 Å². The molecule has 0 fully saturated rings. The molecule has 0 saturated carbocycles. The van der Waals surface area contributed by atoms with E-state index < -0.39 is 14.4 Å². The van der Waals surface area contributed by atoms with Gasteiger partial charge in [0.2, 0.25) is 0 Å². The number of amides is 1. The predicted molar refractivity (Wildman–Crippen MR) is 69.5 cm³/mol. The molecule has 0 saturated heterocycles. The number of ether oxygens (including phenoxy) is 2. The first-order chi connectivity index (χ1) is 7.67. The number of primary amides is 1. The van der Waals surface area contributed by atoms with E-state index in [2.05, 4.69) is 38.6 Å². The van der Waals surface area contributed by atoms with Gasteiger partial charge in [0, 0.05) is 0 Å². The maximum atomic E-state index is 10.3. The fraction of sp³-hybridized carbons (Fsp3) is 0.909. The molecule has 17 heavy (non-hydrogen) atoms. The largest absolute Gasteiger partial charge is 0.447 e. The van der Waals surface area contributed by atoms with Crippen molar-refractivity contribution in [3.63, 3.8) is 0 Å². The van der Waals surface area contributed by atoms with Crippen molar-refractivity contribution in [2.45, 2.75) is 38.9 Å². The van der Waals surface area contributed by atoms with E-state index in [0.717, 1.165) is 0 Å². The van der Waals surface area contributed by atoms with E-state index in [4.69, 9.17) is 14.9 Å². The van der Waals surface area contributed by atoms with Crippen molar-refractivity contribution in [2.75, 3.05) is 26.4 Å². The van der Waals surface area contributed by atoms with Gasteiger partial charge < -0.3 is 19.6 Å². The van der Waals surface area contributed by atoms with E-state index in [1.165, 1.54) is 0 Å².